The molecule has 0 aliphatic heterocycles. The number of sulfone groups is 1. The lowest BCUT2D eigenvalue weighted by Gasteiger charge is -2.18. The number of benzene rings is 2. The first kappa shape index (κ1) is 20.1. The van der Waals surface area contributed by atoms with Gasteiger partial charge in [0.15, 0.2) is 9.84 Å². The molecule has 2 unspecified atom stereocenters. The molecule has 0 aliphatic carbocycles. The minimum atomic E-state index is -3.30. The summed E-state index contributed by atoms with van der Waals surface area (Å²) in [6.45, 7) is 0.408. The van der Waals surface area contributed by atoms with Crippen molar-refractivity contribution in [3.8, 4) is 0 Å². The third-order valence-electron chi connectivity index (χ3n) is 4.00. The quantitative estimate of drug-likeness (QED) is 0.574. The molecule has 0 spiro atoms. The van der Waals surface area contributed by atoms with Crippen LogP contribution < -0.4 is 0 Å². The zero-order valence-corrected chi connectivity index (χ0v) is 17.4. The van der Waals surface area contributed by atoms with Gasteiger partial charge in [0.1, 0.15) is 0 Å². The molecule has 142 valence electrons. The highest BCUT2D eigenvalue weighted by Gasteiger charge is 2.22. The van der Waals surface area contributed by atoms with Gasteiger partial charge in [-0.25, -0.2) is 13.4 Å². The summed E-state index contributed by atoms with van der Waals surface area (Å²) in [7, 11) is -4.75. The maximum Gasteiger partial charge on any atom is 0.175 e. The third kappa shape index (κ3) is 4.79. The van der Waals surface area contributed by atoms with Crippen LogP contribution in [0.5, 0.6) is 0 Å². The second-order valence-corrected chi connectivity index (χ2v) is 10.4. The molecular weight excluding hydrogens is 427 g/mol. The molecule has 0 bridgehead atoms. The summed E-state index contributed by atoms with van der Waals surface area (Å²) in [4.78, 5) is 4.78. The van der Waals surface area contributed by atoms with Crippen LogP contribution in [0, 0.1) is 0 Å². The van der Waals surface area contributed by atoms with E-state index in [9.17, 15) is 12.6 Å². The number of hydrogen-bond donors (Lipinski definition) is 0. The minimum Gasteiger partial charge on any atom is -0.336 e. The number of aromatic nitrogens is 2. The van der Waals surface area contributed by atoms with Gasteiger partial charge in [0, 0.05) is 30.1 Å². The summed E-state index contributed by atoms with van der Waals surface area (Å²) in [5.41, 5.74) is 0.750. The van der Waals surface area contributed by atoms with Crippen molar-refractivity contribution in [3.63, 3.8) is 0 Å². The number of rotatable bonds is 6. The van der Waals surface area contributed by atoms with Crippen LogP contribution in [0.2, 0.25) is 10.0 Å². The first-order valence-corrected chi connectivity index (χ1v) is 11.7. The Morgan fingerprint density at radius 1 is 1.11 bits per heavy atom. The molecule has 0 fully saturated rings. The first-order valence-electron chi connectivity index (χ1n) is 7.87. The zero-order chi connectivity index (χ0) is 19.6. The average molecular weight is 443 g/mol. The smallest absolute Gasteiger partial charge is 0.175 e. The van der Waals surface area contributed by atoms with Crippen LogP contribution in [0.25, 0.3) is 0 Å². The lowest BCUT2D eigenvalue weighted by Crippen LogP contribution is -2.14. The van der Waals surface area contributed by atoms with Crippen molar-refractivity contribution in [2.45, 2.75) is 21.6 Å². The number of hydrogen-bond acceptors (Lipinski definition) is 4. The van der Waals surface area contributed by atoms with Gasteiger partial charge in [-0.2, -0.15) is 0 Å². The van der Waals surface area contributed by atoms with E-state index in [4.69, 9.17) is 23.2 Å². The van der Waals surface area contributed by atoms with E-state index < -0.39 is 25.9 Å². The summed E-state index contributed by atoms with van der Waals surface area (Å²) >= 11 is 12.0. The molecule has 1 aromatic heterocycles. The molecule has 1 heterocycles. The maximum absolute atomic E-state index is 13.3. The summed E-state index contributed by atoms with van der Waals surface area (Å²) in [5.74, 6) is 0. The Morgan fingerprint density at radius 3 is 2.37 bits per heavy atom. The molecule has 0 saturated heterocycles. The molecule has 0 aliphatic rings. The Kier molecular flexibility index (Phi) is 6.05. The van der Waals surface area contributed by atoms with Crippen LogP contribution in [0.1, 0.15) is 10.8 Å². The standard InChI is InChI=1S/C18H16Cl2N2O3S2/c1-27(24,25)15-5-2-13(3-6-15)18(11-22-9-8-21-12-22)26(23)14-4-7-16(19)17(20)10-14/h2-10,12,18H,11H2,1H3. The predicted octanol–water partition coefficient (Wildman–Crippen LogP) is 4.14. The summed E-state index contributed by atoms with van der Waals surface area (Å²) < 4.78 is 38.5. The second-order valence-electron chi connectivity index (χ2n) is 5.96. The molecule has 5 nitrogen and oxygen atoms in total. The van der Waals surface area contributed by atoms with Gasteiger partial charge in [-0.1, -0.05) is 35.3 Å². The number of imidazole rings is 1. The van der Waals surface area contributed by atoms with Crippen molar-refractivity contribution < 1.29 is 12.6 Å². The zero-order valence-electron chi connectivity index (χ0n) is 14.2. The third-order valence-corrected chi connectivity index (χ3v) is 7.52. The fourth-order valence-electron chi connectivity index (χ4n) is 2.58. The van der Waals surface area contributed by atoms with Crippen LogP contribution >= 0.6 is 23.2 Å². The van der Waals surface area contributed by atoms with Crippen LogP contribution in [0.4, 0.5) is 0 Å². The van der Waals surface area contributed by atoms with Crippen LogP contribution in [-0.4, -0.2) is 28.4 Å². The van der Waals surface area contributed by atoms with Gasteiger partial charge in [0.2, 0.25) is 0 Å². The summed E-state index contributed by atoms with van der Waals surface area (Å²) in [6.07, 6.45) is 6.22. The summed E-state index contributed by atoms with van der Waals surface area (Å²) in [6, 6.07) is 11.3. The lowest BCUT2D eigenvalue weighted by atomic mass is 10.1. The Hall–Kier alpha value is -1.67. The Morgan fingerprint density at radius 2 is 1.81 bits per heavy atom. The van der Waals surface area contributed by atoms with Crippen molar-refractivity contribution in [3.05, 3.63) is 76.8 Å². The molecule has 2 aromatic carbocycles. The van der Waals surface area contributed by atoms with E-state index >= 15 is 0 Å². The Bertz CT molecular complexity index is 1070. The SMILES string of the molecule is CS(=O)(=O)c1ccc(C(Cn2ccnc2)S(=O)c2ccc(Cl)c(Cl)c2)cc1. The molecule has 9 heteroatoms. The molecule has 0 saturated carbocycles. The Labute approximate surface area is 170 Å². The topological polar surface area (TPSA) is 69.0 Å². The van der Waals surface area contributed by atoms with Crippen molar-refractivity contribution in [1.82, 2.24) is 9.55 Å². The highest BCUT2D eigenvalue weighted by Crippen LogP contribution is 2.31. The normalized spacial score (nSPS) is 14.0. The van der Waals surface area contributed by atoms with Gasteiger partial charge in [-0.05, 0) is 35.9 Å². The number of nitrogens with zero attached hydrogens (tertiary/aromatic N) is 2. The molecule has 2 atom stereocenters. The minimum absolute atomic E-state index is 0.216. The lowest BCUT2D eigenvalue weighted by molar-refractivity contribution is 0.601. The van der Waals surface area contributed by atoms with Gasteiger partial charge in [0.25, 0.3) is 0 Å². The molecule has 27 heavy (non-hydrogen) atoms. The van der Waals surface area contributed by atoms with Gasteiger partial charge >= 0.3 is 0 Å². The van der Waals surface area contributed by atoms with Crippen LogP contribution in [0.15, 0.2) is 71.0 Å². The van der Waals surface area contributed by atoms with E-state index in [0.29, 0.717) is 21.5 Å². The fraction of sp³-hybridized carbons (Fsp3) is 0.167. The van der Waals surface area contributed by atoms with Crippen LogP contribution in [-0.2, 0) is 27.2 Å². The van der Waals surface area contributed by atoms with Crippen molar-refractivity contribution in [1.29, 1.82) is 0 Å². The molecule has 0 N–H and O–H groups in total. The van der Waals surface area contributed by atoms with E-state index in [1.807, 2.05) is 4.57 Å². The first-order chi connectivity index (χ1) is 12.8. The molecule has 3 rings (SSSR count). The van der Waals surface area contributed by atoms with Crippen molar-refractivity contribution in [2.24, 2.45) is 0 Å². The molecule has 0 amide bonds. The monoisotopic (exact) mass is 442 g/mol. The van der Waals surface area contributed by atoms with E-state index in [1.165, 1.54) is 12.1 Å². The highest BCUT2D eigenvalue weighted by atomic mass is 35.5. The highest BCUT2D eigenvalue weighted by molar-refractivity contribution is 7.90. The van der Waals surface area contributed by atoms with Gasteiger partial charge < -0.3 is 4.57 Å². The fourth-order valence-corrected chi connectivity index (χ4v) is 5.05. The van der Waals surface area contributed by atoms with Crippen molar-refractivity contribution in [2.75, 3.05) is 6.26 Å². The van der Waals surface area contributed by atoms with Crippen molar-refractivity contribution >= 4 is 43.8 Å². The van der Waals surface area contributed by atoms with Gasteiger partial charge in [0.05, 0.1) is 37.3 Å². The Balaban J connectivity index is 2.00. The maximum atomic E-state index is 13.3. The molecular formula is C18H16Cl2N2O3S2. The van der Waals surface area contributed by atoms with E-state index in [0.717, 1.165) is 11.8 Å². The summed E-state index contributed by atoms with van der Waals surface area (Å²) in [5, 5.41) is 0.294. The van der Waals surface area contributed by atoms with Gasteiger partial charge in [-0.15, -0.1) is 0 Å². The molecule has 0 radical (unpaired) electrons. The van der Waals surface area contributed by atoms with E-state index in [1.54, 1.807) is 49.1 Å². The van der Waals surface area contributed by atoms with Crippen LogP contribution in [0.3, 0.4) is 0 Å². The van der Waals surface area contributed by atoms with Gasteiger partial charge in [-0.3, -0.25) is 4.21 Å². The van der Waals surface area contributed by atoms with E-state index in [-0.39, 0.29) is 4.90 Å². The second kappa shape index (κ2) is 8.14. The predicted molar refractivity (Wildman–Crippen MR) is 107 cm³/mol. The largest absolute Gasteiger partial charge is 0.336 e. The van der Waals surface area contributed by atoms with E-state index in [2.05, 4.69) is 4.98 Å². The number of halogens is 2. The molecule has 3 aromatic rings. The average Bonchev–Trinajstić information content (AvgIpc) is 3.14.